The van der Waals surface area contributed by atoms with Crippen LogP contribution < -0.4 is 5.73 Å². The highest BCUT2D eigenvalue weighted by Gasteiger charge is 2.24. The maximum atomic E-state index is 11.0. The van der Waals surface area contributed by atoms with Gasteiger partial charge in [-0.3, -0.25) is 4.79 Å². The van der Waals surface area contributed by atoms with Crippen LogP contribution >= 0.6 is 0 Å². The number of nitrogens with two attached hydrogens (primary N) is 1. The summed E-state index contributed by atoms with van der Waals surface area (Å²) in [5.41, 5.74) is 5.26. The molecule has 0 aromatic rings. The molecule has 2 N–H and O–H groups in total. The highest BCUT2D eigenvalue weighted by Crippen LogP contribution is 2.16. The van der Waals surface area contributed by atoms with Gasteiger partial charge in [-0.25, -0.2) is 0 Å². The molecular weight excluding hydrogens is 178 g/mol. The number of carbonyl (C=O) groups is 1. The Bertz CT molecular complexity index is 246. The van der Waals surface area contributed by atoms with Crippen LogP contribution in [0.4, 0.5) is 0 Å². The molecule has 0 saturated carbocycles. The summed E-state index contributed by atoms with van der Waals surface area (Å²) >= 11 is 0. The van der Waals surface area contributed by atoms with Crippen molar-refractivity contribution in [2.45, 2.75) is 19.8 Å². The summed E-state index contributed by atoms with van der Waals surface area (Å²) in [5.74, 6) is -0.199. The molecule has 2 atom stereocenters. The molecular formula is C10H17N3O. The van der Waals surface area contributed by atoms with E-state index in [0.29, 0.717) is 0 Å². The van der Waals surface area contributed by atoms with Gasteiger partial charge in [0, 0.05) is 13.1 Å². The molecule has 0 spiro atoms. The van der Waals surface area contributed by atoms with Crippen LogP contribution in [-0.4, -0.2) is 30.4 Å². The maximum Gasteiger partial charge on any atom is 0.221 e. The smallest absolute Gasteiger partial charge is 0.221 e. The van der Waals surface area contributed by atoms with E-state index in [2.05, 4.69) is 11.0 Å². The first-order chi connectivity index (χ1) is 6.63. The van der Waals surface area contributed by atoms with Gasteiger partial charge in [-0.15, -0.1) is 0 Å². The molecule has 0 aliphatic carbocycles. The van der Waals surface area contributed by atoms with Gasteiger partial charge in [-0.05, 0) is 26.3 Å². The Hall–Kier alpha value is -1.08. The molecule has 1 aliphatic rings. The van der Waals surface area contributed by atoms with Crippen molar-refractivity contribution in [3.8, 4) is 6.07 Å². The van der Waals surface area contributed by atoms with Crippen LogP contribution in [0.1, 0.15) is 19.8 Å². The molecule has 1 amide bonds. The number of hydrogen-bond acceptors (Lipinski definition) is 3. The third-order valence-corrected chi connectivity index (χ3v) is 2.66. The van der Waals surface area contributed by atoms with Crippen molar-refractivity contribution in [2.24, 2.45) is 17.6 Å². The molecule has 0 aromatic carbocycles. The molecule has 1 saturated heterocycles. The second-order valence-electron chi connectivity index (χ2n) is 4.03. The lowest BCUT2D eigenvalue weighted by Gasteiger charge is -2.31. The Labute approximate surface area is 84.7 Å². The van der Waals surface area contributed by atoms with E-state index in [1.807, 2.05) is 6.92 Å². The van der Waals surface area contributed by atoms with Gasteiger partial charge >= 0.3 is 0 Å². The van der Waals surface area contributed by atoms with Gasteiger partial charge < -0.3 is 10.6 Å². The van der Waals surface area contributed by atoms with Crippen molar-refractivity contribution in [1.29, 1.82) is 5.26 Å². The van der Waals surface area contributed by atoms with Gasteiger partial charge in [0.05, 0.1) is 17.9 Å². The minimum atomic E-state index is -0.209. The van der Waals surface area contributed by atoms with Crippen molar-refractivity contribution in [3.63, 3.8) is 0 Å². The van der Waals surface area contributed by atoms with Crippen LogP contribution in [-0.2, 0) is 4.79 Å². The average Bonchev–Trinajstić information content (AvgIpc) is 2.18. The lowest BCUT2D eigenvalue weighted by atomic mass is 9.97. The number of hydrogen-bond donors (Lipinski definition) is 1. The standard InChI is InChI=1S/C10H17N3O/c1-8(5-11)6-13-4-2-3-9(7-13)10(12)14/h8-9H,2-4,6-7H2,1H3,(H2,12,14). The van der Waals surface area contributed by atoms with Crippen LogP contribution in [0.25, 0.3) is 0 Å². The zero-order valence-electron chi connectivity index (χ0n) is 8.57. The molecule has 0 bridgehead atoms. The maximum absolute atomic E-state index is 11.0. The normalized spacial score (nSPS) is 25.3. The minimum Gasteiger partial charge on any atom is -0.369 e. The van der Waals surface area contributed by atoms with Gasteiger partial charge in [-0.2, -0.15) is 5.26 Å². The summed E-state index contributed by atoms with van der Waals surface area (Å²) in [6.07, 6.45) is 1.90. The van der Waals surface area contributed by atoms with Crippen molar-refractivity contribution >= 4 is 5.91 Å². The van der Waals surface area contributed by atoms with E-state index in [1.165, 1.54) is 0 Å². The Morgan fingerprint density at radius 2 is 2.50 bits per heavy atom. The summed E-state index contributed by atoms with van der Waals surface area (Å²) in [6, 6.07) is 2.20. The Kier molecular flexibility index (Phi) is 3.90. The summed E-state index contributed by atoms with van der Waals surface area (Å²) in [4.78, 5) is 13.1. The first-order valence-electron chi connectivity index (χ1n) is 5.04. The molecule has 1 heterocycles. The van der Waals surface area contributed by atoms with Gasteiger partial charge in [-0.1, -0.05) is 0 Å². The fourth-order valence-corrected chi connectivity index (χ4v) is 1.88. The number of carbonyl (C=O) groups excluding carboxylic acids is 1. The zero-order valence-corrected chi connectivity index (χ0v) is 8.57. The van der Waals surface area contributed by atoms with Crippen molar-refractivity contribution in [2.75, 3.05) is 19.6 Å². The lowest BCUT2D eigenvalue weighted by molar-refractivity contribution is -0.123. The van der Waals surface area contributed by atoms with E-state index in [4.69, 9.17) is 11.0 Å². The van der Waals surface area contributed by atoms with Crippen LogP contribution in [0.15, 0.2) is 0 Å². The molecule has 1 aliphatic heterocycles. The summed E-state index contributed by atoms with van der Waals surface area (Å²) < 4.78 is 0. The van der Waals surface area contributed by atoms with Gasteiger partial charge in [0.2, 0.25) is 5.91 Å². The second kappa shape index (κ2) is 4.97. The van der Waals surface area contributed by atoms with E-state index < -0.39 is 0 Å². The SMILES string of the molecule is CC(C#N)CN1CCCC(C(N)=O)C1. The van der Waals surface area contributed by atoms with Crippen molar-refractivity contribution in [1.82, 2.24) is 4.90 Å². The lowest BCUT2D eigenvalue weighted by Crippen LogP contribution is -2.42. The topological polar surface area (TPSA) is 70.1 Å². The third kappa shape index (κ3) is 3.00. The first-order valence-corrected chi connectivity index (χ1v) is 5.04. The largest absolute Gasteiger partial charge is 0.369 e. The summed E-state index contributed by atoms with van der Waals surface area (Å²) in [7, 11) is 0. The van der Waals surface area contributed by atoms with Crippen LogP contribution in [0.2, 0.25) is 0 Å². The highest BCUT2D eigenvalue weighted by atomic mass is 16.1. The monoisotopic (exact) mass is 195 g/mol. The number of piperidine rings is 1. The number of amides is 1. The third-order valence-electron chi connectivity index (χ3n) is 2.66. The summed E-state index contributed by atoms with van der Waals surface area (Å²) in [5, 5.41) is 8.67. The van der Waals surface area contributed by atoms with Gasteiger partial charge in [0.15, 0.2) is 0 Å². The first kappa shape index (κ1) is 11.0. The predicted octanol–water partition coefficient (Wildman–Crippen LogP) is 0.343. The molecule has 1 fully saturated rings. The molecule has 1 rings (SSSR count). The molecule has 4 nitrogen and oxygen atoms in total. The van der Waals surface area contributed by atoms with E-state index in [9.17, 15) is 4.79 Å². The fourth-order valence-electron chi connectivity index (χ4n) is 1.88. The van der Waals surface area contributed by atoms with E-state index >= 15 is 0 Å². The second-order valence-corrected chi connectivity index (χ2v) is 4.03. The molecule has 0 radical (unpaired) electrons. The van der Waals surface area contributed by atoms with Crippen molar-refractivity contribution < 1.29 is 4.79 Å². The fraction of sp³-hybridized carbons (Fsp3) is 0.800. The Morgan fingerprint density at radius 1 is 1.79 bits per heavy atom. The van der Waals surface area contributed by atoms with Gasteiger partial charge in [0.25, 0.3) is 0 Å². The Balaban J connectivity index is 2.41. The number of nitrogens with zero attached hydrogens (tertiary/aromatic N) is 2. The molecule has 78 valence electrons. The molecule has 2 unspecified atom stereocenters. The number of likely N-dealkylation sites (tertiary alicyclic amines) is 1. The number of nitriles is 1. The number of rotatable bonds is 3. The van der Waals surface area contributed by atoms with E-state index in [-0.39, 0.29) is 17.7 Å². The van der Waals surface area contributed by atoms with Crippen molar-refractivity contribution in [3.05, 3.63) is 0 Å². The number of primary amides is 1. The molecule has 14 heavy (non-hydrogen) atoms. The van der Waals surface area contributed by atoms with Crippen LogP contribution in [0.3, 0.4) is 0 Å². The summed E-state index contributed by atoms with van der Waals surface area (Å²) in [6.45, 7) is 4.35. The van der Waals surface area contributed by atoms with E-state index in [0.717, 1.165) is 32.5 Å². The molecule has 4 heteroatoms. The van der Waals surface area contributed by atoms with E-state index in [1.54, 1.807) is 0 Å². The highest BCUT2D eigenvalue weighted by molar-refractivity contribution is 5.76. The Morgan fingerprint density at radius 3 is 3.07 bits per heavy atom. The zero-order chi connectivity index (χ0) is 10.6. The van der Waals surface area contributed by atoms with Crippen LogP contribution in [0, 0.1) is 23.2 Å². The minimum absolute atomic E-state index is 0.0188. The molecule has 0 aromatic heterocycles. The van der Waals surface area contributed by atoms with Crippen LogP contribution in [0.5, 0.6) is 0 Å². The van der Waals surface area contributed by atoms with Gasteiger partial charge in [0.1, 0.15) is 0 Å². The quantitative estimate of drug-likeness (QED) is 0.706. The predicted molar refractivity (Wildman–Crippen MR) is 53.1 cm³/mol. The average molecular weight is 195 g/mol.